The summed E-state index contributed by atoms with van der Waals surface area (Å²) in [7, 11) is 0. The number of rotatable bonds is 6. The fourth-order valence-corrected chi connectivity index (χ4v) is 2.30. The van der Waals surface area contributed by atoms with E-state index in [1.165, 1.54) is 0 Å². The van der Waals surface area contributed by atoms with E-state index in [1.807, 2.05) is 18.3 Å². The summed E-state index contributed by atoms with van der Waals surface area (Å²) in [6.07, 6.45) is 0. The van der Waals surface area contributed by atoms with Crippen LogP contribution in [0.3, 0.4) is 0 Å². The van der Waals surface area contributed by atoms with Crippen LogP contribution in [-0.2, 0) is 11.4 Å². The van der Waals surface area contributed by atoms with Crippen molar-refractivity contribution in [1.29, 1.82) is 0 Å². The van der Waals surface area contributed by atoms with Crippen molar-refractivity contribution in [2.45, 2.75) is 18.7 Å². The lowest BCUT2D eigenvalue weighted by Gasteiger charge is -2.05. The van der Waals surface area contributed by atoms with E-state index in [1.54, 1.807) is 12.1 Å². The highest BCUT2D eigenvalue weighted by Gasteiger charge is 2.09. The number of H-pyrrole nitrogens is 1. The van der Waals surface area contributed by atoms with Crippen LogP contribution in [0.4, 0.5) is 4.79 Å². The molecule has 0 spiro atoms. The number of nitrogens with two attached hydrogens (primary N) is 1. The number of primary amides is 1. The van der Waals surface area contributed by atoms with Gasteiger partial charge in [-0.15, -0.1) is 5.10 Å². The van der Waals surface area contributed by atoms with Crippen molar-refractivity contribution in [3.63, 3.8) is 0 Å². The molecular weight excluding hydrogens is 342 g/mol. The fourth-order valence-electron chi connectivity index (χ4n) is 1.57. The van der Waals surface area contributed by atoms with Crippen LogP contribution in [0.1, 0.15) is 11.4 Å². The third-order valence-electron chi connectivity index (χ3n) is 2.61. The number of urea groups is 1. The summed E-state index contributed by atoms with van der Waals surface area (Å²) in [6.45, 7) is 2.08. The van der Waals surface area contributed by atoms with Crippen LogP contribution in [0.15, 0.2) is 23.4 Å². The third kappa shape index (κ3) is 5.46. The number of thioether (sulfide) groups is 1. The summed E-state index contributed by atoms with van der Waals surface area (Å²) in [5.74, 6) is 0.646. The minimum atomic E-state index is -0.891. The molecule has 8 nitrogen and oxygen atoms in total. The number of aryl methyl sites for hydroxylation is 1. The molecule has 0 aliphatic heterocycles. The molecule has 2 aromatic rings. The van der Waals surface area contributed by atoms with Gasteiger partial charge in [0.15, 0.2) is 5.82 Å². The number of nitrogens with zero attached hydrogens (tertiary/aromatic N) is 2. The molecule has 0 aliphatic carbocycles. The maximum absolute atomic E-state index is 11.3. The molecule has 1 aromatic carbocycles. The SMILES string of the molecule is Cc1cc(OCc2nc(SCC(=O)NC(N)=O)n[nH]2)ccc1Cl. The van der Waals surface area contributed by atoms with Gasteiger partial charge in [0.2, 0.25) is 11.1 Å². The van der Waals surface area contributed by atoms with E-state index in [2.05, 4.69) is 15.2 Å². The van der Waals surface area contributed by atoms with Crippen LogP contribution in [0.25, 0.3) is 0 Å². The van der Waals surface area contributed by atoms with Crippen molar-refractivity contribution >= 4 is 35.3 Å². The number of amides is 3. The van der Waals surface area contributed by atoms with Crippen molar-refractivity contribution in [3.05, 3.63) is 34.6 Å². The molecule has 0 fully saturated rings. The Kier molecular flexibility index (Phi) is 5.83. The molecule has 0 saturated carbocycles. The lowest BCUT2D eigenvalue weighted by atomic mass is 10.2. The van der Waals surface area contributed by atoms with Gasteiger partial charge >= 0.3 is 6.03 Å². The Balaban J connectivity index is 1.83. The number of ether oxygens (including phenoxy) is 1. The van der Waals surface area contributed by atoms with Gasteiger partial charge < -0.3 is 10.5 Å². The van der Waals surface area contributed by atoms with Crippen LogP contribution in [0, 0.1) is 6.92 Å². The van der Waals surface area contributed by atoms with Crippen LogP contribution in [0.2, 0.25) is 5.02 Å². The number of halogens is 1. The number of carbonyl (C=O) groups is 2. The number of carbonyl (C=O) groups excluding carboxylic acids is 2. The lowest BCUT2D eigenvalue weighted by molar-refractivity contribution is -0.117. The van der Waals surface area contributed by atoms with Crippen molar-refractivity contribution < 1.29 is 14.3 Å². The Bertz CT molecular complexity index is 721. The average Bonchev–Trinajstić information content (AvgIpc) is 2.94. The van der Waals surface area contributed by atoms with Crippen LogP contribution in [-0.4, -0.2) is 32.9 Å². The molecular formula is C13H14ClN5O3S. The molecule has 1 heterocycles. The van der Waals surface area contributed by atoms with Crippen molar-refractivity contribution in [2.75, 3.05) is 5.75 Å². The molecule has 2 rings (SSSR count). The largest absolute Gasteiger partial charge is 0.486 e. The van der Waals surface area contributed by atoms with Gasteiger partial charge in [0.25, 0.3) is 0 Å². The minimum absolute atomic E-state index is 0.0164. The third-order valence-corrected chi connectivity index (χ3v) is 3.88. The first-order valence-corrected chi connectivity index (χ1v) is 7.82. The average molecular weight is 356 g/mol. The Labute approximate surface area is 141 Å². The van der Waals surface area contributed by atoms with E-state index in [4.69, 9.17) is 22.1 Å². The van der Waals surface area contributed by atoms with Crippen LogP contribution >= 0.6 is 23.4 Å². The molecule has 3 amide bonds. The van der Waals surface area contributed by atoms with Crippen molar-refractivity contribution in [3.8, 4) is 5.75 Å². The van der Waals surface area contributed by atoms with E-state index >= 15 is 0 Å². The highest BCUT2D eigenvalue weighted by molar-refractivity contribution is 7.99. The predicted octanol–water partition coefficient (Wildman–Crippen LogP) is 1.63. The van der Waals surface area contributed by atoms with Gasteiger partial charge in [0.05, 0.1) is 5.75 Å². The first-order valence-electron chi connectivity index (χ1n) is 6.46. The lowest BCUT2D eigenvalue weighted by Crippen LogP contribution is -2.36. The number of hydrogen-bond donors (Lipinski definition) is 3. The highest BCUT2D eigenvalue weighted by Crippen LogP contribution is 2.21. The number of nitrogens with one attached hydrogen (secondary N) is 2. The van der Waals surface area contributed by atoms with Gasteiger partial charge in [0, 0.05) is 5.02 Å². The molecule has 10 heteroatoms. The summed E-state index contributed by atoms with van der Waals surface area (Å²) in [5.41, 5.74) is 5.75. The molecule has 1 aromatic heterocycles. The Morgan fingerprint density at radius 2 is 2.26 bits per heavy atom. The second-order valence-electron chi connectivity index (χ2n) is 4.47. The number of aromatic nitrogens is 3. The van der Waals surface area contributed by atoms with Crippen molar-refractivity contribution in [2.24, 2.45) is 5.73 Å². The van der Waals surface area contributed by atoms with Gasteiger partial charge in [-0.05, 0) is 30.7 Å². The molecule has 23 heavy (non-hydrogen) atoms. The maximum atomic E-state index is 11.3. The molecule has 0 radical (unpaired) electrons. The molecule has 0 bridgehead atoms. The van der Waals surface area contributed by atoms with Gasteiger partial charge in [-0.3, -0.25) is 15.2 Å². The topological polar surface area (TPSA) is 123 Å². The second kappa shape index (κ2) is 7.84. The molecule has 122 valence electrons. The standard InChI is InChI=1S/C13H14ClN5O3S/c1-7-4-8(2-3-9(7)14)22-5-10-16-13(19-18-10)23-6-11(20)17-12(15)21/h2-4H,5-6H2,1H3,(H,16,18,19)(H3,15,17,20,21). The summed E-state index contributed by atoms with van der Waals surface area (Å²) >= 11 is 7.02. The molecule has 0 unspecified atom stereocenters. The summed E-state index contributed by atoms with van der Waals surface area (Å²) in [6, 6.07) is 4.45. The van der Waals surface area contributed by atoms with E-state index in [9.17, 15) is 9.59 Å². The zero-order valence-electron chi connectivity index (χ0n) is 12.1. The normalized spacial score (nSPS) is 10.3. The van der Waals surface area contributed by atoms with Gasteiger partial charge in [-0.1, -0.05) is 23.4 Å². The first-order chi connectivity index (χ1) is 10.9. The van der Waals surface area contributed by atoms with Gasteiger partial charge in [-0.25, -0.2) is 9.78 Å². The predicted molar refractivity (Wildman–Crippen MR) is 85.4 cm³/mol. The second-order valence-corrected chi connectivity index (χ2v) is 5.82. The van der Waals surface area contributed by atoms with Gasteiger partial charge in [-0.2, -0.15) is 0 Å². The molecule has 4 N–H and O–H groups in total. The first kappa shape index (κ1) is 17.1. The minimum Gasteiger partial charge on any atom is -0.486 e. The zero-order valence-corrected chi connectivity index (χ0v) is 13.7. The maximum Gasteiger partial charge on any atom is 0.318 e. The van der Waals surface area contributed by atoms with E-state index in [0.717, 1.165) is 17.3 Å². The smallest absolute Gasteiger partial charge is 0.318 e. The zero-order chi connectivity index (χ0) is 16.8. The van der Waals surface area contributed by atoms with Crippen LogP contribution in [0.5, 0.6) is 5.75 Å². The number of aromatic amines is 1. The Morgan fingerprint density at radius 3 is 2.96 bits per heavy atom. The molecule has 0 aliphatic rings. The molecule has 0 atom stereocenters. The van der Waals surface area contributed by atoms with Gasteiger partial charge in [0.1, 0.15) is 12.4 Å². The quantitative estimate of drug-likeness (QED) is 0.677. The Morgan fingerprint density at radius 1 is 1.48 bits per heavy atom. The van der Waals surface area contributed by atoms with E-state index in [-0.39, 0.29) is 12.4 Å². The fraction of sp³-hybridized carbons (Fsp3) is 0.231. The number of hydrogen-bond acceptors (Lipinski definition) is 6. The Hall–Kier alpha value is -2.26. The highest BCUT2D eigenvalue weighted by atomic mass is 35.5. The summed E-state index contributed by atoms with van der Waals surface area (Å²) in [4.78, 5) is 25.9. The molecule has 0 saturated heterocycles. The summed E-state index contributed by atoms with van der Waals surface area (Å²) < 4.78 is 5.58. The summed E-state index contributed by atoms with van der Waals surface area (Å²) in [5, 5.41) is 9.65. The van der Waals surface area contributed by atoms with E-state index < -0.39 is 11.9 Å². The number of benzene rings is 1. The monoisotopic (exact) mass is 355 g/mol. The van der Waals surface area contributed by atoms with E-state index in [0.29, 0.717) is 21.8 Å². The van der Waals surface area contributed by atoms with Crippen LogP contribution < -0.4 is 15.8 Å². The number of imide groups is 1. The van der Waals surface area contributed by atoms with Crippen molar-refractivity contribution in [1.82, 2.24) is 20.5 Å².